The zero-order valence-electron chi connectivity index (χ0n) is 12.2. The number of nitrogens with zero attached hydrogens (tertiary/aromatic N) is 1. The standard InChI is InChI=1S/C16H21NO4/c1-21-14-6-4-12(5-7-14)13(11-16(19)20)10-15(18)17-8-2-3-9-17/h4-7,13H,2-3,8-11H2,1H3,(H,19,20)/t13-/m0/s1. The van der Waals surface area contributed by atoms with E-state index in [0.717, 1.165) is 37.2 Å². The van der Waals surface area contributed by atoms with Gasteiger partial charge < -0.3 is 14.7 Å². The molecule has 0 bridgehead atoms. The number of hydrogen-bond acceptors (Lipinski definition) is 3. The van der Waals surface area contributed by atoms with Crippen LogP contribution < -0.4 is 4.74 Å². The van der Waals surface area contributed by atoms with Gasteiger partial charge in [-0.05, 0) is 30.5 Å². The lowest BCUT2D eigenvalue weighted by molar-refractivity contribution is -0.137. The van der Waals surface area contributed by atoms with Crippen LogP contribution in [0.5, 0.6) is 5.75 Å². The molecule has 1 amide bonds. The average molecular weight is 291 g/mol. The summed E-state index contributed by atoms with van der Waals surface area (Å²) in [4.78, 5) is 25.1. The van der Waals surface area contributed by atoms with Crippen molar-refractivity contribution < 1.29 is 19.4 Å². The highest BCUT2D eigenvalue weighted by atomic mass is 16.5. The van der Waals surface area contributed by atoms with E-state index in [2.05, 4.69) is 0 Å². The molecule has 0 aromatic heterocycles. The maximum atomic E-state index is 12.2. The Hall–Kier alpha value is -2.04. The van der Waals surface area contributed by atoms with Crippen LogP contribution in [0, 0.1) is 0 Å². The molecule has 0 radical (unpaired) electrons. The van der Waals surface area contributed by atoms with E-state index in [1.165, 1.54) is 0 Å². The molecule has 114 valence electrons. The highest BCUT2D eigenvalue weighted by Crippen LogP contribution is 2.27. The van der Waals surface area contributed by atoms with Crippen LogP contribution in [0.15, 0.2) is 24.3 Å². The van der Waals surface area contributed by atoms with Crippen molar-refractivity contribution in [1.29, 1.82) is 0 Å². The number of aliphatic carboxylic acids is 1. The molecule has 1 aliphatic heterocycles. The minimum Gasteiger partial charge on any atom is -0.497 e. The Bertz CT molecular complexity index is 492. The number of carbonyl (C=O) groups excluding carboxylic acids is 1. The molecular weight excluding hydrogens is 270 g/mol. The second-order valence-corrected chi connectivity index (χ2v) is 5.36. The average Bonchev–Trinajstić information content (AvgIpc) is 3.00. The van der Waals surface area contributed by atoms with Gasteiger partial charge in [0.2, 0.25) is 5.91 Å². The summed E-state index contributed by atoms with van der Waals surface area (Å²) in [6, 6.07) is 7.27. The van der Waals surface area contributed by atoms with Gasteiger partial charge in [-0.3, -0.25) is 9.59 Å². The van der Waals surface area contributed by atoms with Gasteiger partial charge in [-0.15, -0.1) is 0 Å². The molecule has 1 fully saturated rings. The lowest BCUT2D eigenvalue weighted by Gasteiger charge is -2.20. The van der Waals surface area contributed by atoms with E-state index in [1.54, 1.807) is 19.2 Å². The van der Waals surface area contributed by atoms with E-state index in [1.807, 2.05) is 17.0 Å². The molecule has 2 rings (SSSR count). The van der Waals surface area contributed by atoms with E-state index >= 15 is 0 Å². The van der Waals surface area contributed by atoms with Crippen molar-refractivity contribution >= 4 is 11.9 Å². The summed E-state index contributed by atoms with van der Waals surface area (Å²) in [6.45, 7) is 1.59. The molecule has 21 heavy (non-hydrogen) atoms. The first-order valence-electron chi connectivity index (χ1n) is 7.23. The van der Waals surface area contributed by atoms with Gasteiger partial charge in [-0.2, -0.15) is 0 Å². The van der Waals surface area contributed by atoms with Crippen LogP contribution in [0.4, 0.5) is 0 Å². The summed E-state index contributed by atoms with van der Waals surface area (Å²) < 4.78 is 5.10. The molecule has 1 saturated heterocycles. The molecule has 1 aromatic rings. The summed E-state index contributed by atoms with van der Waals surface area (Å²) >= 11 is 0. The SMILES string of the molecule is COc1ccc([C@H](CC(=O)O)CC(=O)N2CCCC2)cc1. The molecule has 5 nitrogen and oxygen atoms in total. The molecule has 1 aliphatic rings. The predicted molar refractivity (Wildman–Crippen MR) is 78.4 cm³/mol. The van der Waals surface area contributed by atoms with E-state index in [-0.39, 0.29) is 24.7 Å². The fraction of sp³-hybridized carbons (Fsp3) is 0.500. The summed E-state index contributed by atoms with van der Waals surface area (Å²) in [5.74, 6) is -0.403. The molecule has 0 spiro atoms. The van der Waals surface area contributed by atoms with Crippen LogP contribution in [0.2, 0.25) is 0 Å². The van der Waals surface area contributed by atoms with Gasteiger partial charge in [0.25, 0.3) is 0 Å². The molecule has 0 aliphatic carbocycles. The quantitative estimate of drug-likeness (QED) is 0.873. The number of carboxylic acid groups (broad SMARTS) is 1. The monoisotopic (exact) mass is 291 g/mol. The van der Waals surface area contributed by atoms with Gasteiger partial charge in [0.05, 0.1) is 13.5 Å². The van der Waals surface area contributed by atoms with Gasteiger partial charge in [-0.25, -0.2) is 0 Å². The minimum absolute atomic E-state index is 0.0358. The molecule has 1 atom stereocenters. The molecule has 1 aromatic carbocycles. The summed E-state index contributed by atoms with van der Waals surface area (Å²) in [7, 11) is 1.58. The van der Waals surface area contributed by atoms with Gasteiger partial charge >= 0.3 is 5.97 Å². The van der Waals surface area contributed by atoms with Crippen LogP contribution in [-0.4, -0.2) is 42.1 Å². The largest absolute Gasteiger partial charge is 0.497 e. The first-order valence-corrected chi connectivity index (χ1v) is 7.23. The Labute approximate surface area is 124 Å². The van der Waals surface area contributed by atoms with E-state index in [9.17, 15) is 9.59 Å². The first kappa shape index (κ1) is 15.4. The topological polar surface area (TPSA) is 66.8 Å². The third-order valence-electron chi connectivity index (χ3n) is 3.89. The smallest absolute Gasteiger partial charge is 0.303 e. The number of methoxy groups -OCH3 is 1. The summed E-state index contributed by atoms with van der Waals surface area (Å²) in [6.07, 6.45) is 2.29. The lowest BCUT2D eigenvalue weighted by Crippen LogP contribution is -2.29. The van der Waals surface area contributed by atoms with Crippen molar-refractivity contribution in [2.75, 3.05) is 20.2 Å². The molecule has 1 N–H and O–H groups in total. The Morgan fingerprint density at radius 1 is 1.19 bits per heavy atom. The van der Waals surface area contributed by atoms with E-state index in [0.29, 0.717) is 0 Å². The van der Waals surface area contributed by atoms with Crippen molar-refractivity contribution in [1.82, 2.24) is 4.90 Å². The zero-order valence-corrected chi connectivity index (χ0v) is 12.2. The number of hydrogen-bond donors (Lipinski definition) is 1. The second kappa shape index (κ2) is 7.11. The van der Waals surface area contributed by atoms with Crippen molar-refractivity contribution in [2.24, 2.45) is 0 Å². The van der Waals surface area contributed by atoms with Gasteiger partial charge in [0.1, 0.15) is 5.75 Å². The number of carboxylic acids is 1. The predicted octanol–water partition coefficient (Wildman–Crippen LogP) is 2.27. The first-order chi connectivity index (χ1) is 10.1. The Kier molecular flexibility index (Phi) is 5.20. The Morgan fingerprint density at radius 2 is 1.81 bits per heavy atom. The maximum absolute atomic E-state index is 12.2. The van der Waals surface area contributed by atoms with Crippen LogP contribution >= 0.6 is 0 Å². The van der Waals surface area contributed by atoms with Crippen LogP contribution in [0.3, 0.4) is 0 Å². The van der Waals surface area contributed by atoms with E-state index < -0.39 is 5.97 Å². The highest BCUT2D eigenvalue weighted by molar-refractivity contribution is 5.78. The van der Waals surface area contributed by atoms with Crippen molar-refractivity contribution in [3.63, 3.8) is 0 Å². The third kappa shape index (κ3) is 4.21. The summed E-state index contributed by atoms with van der Waals surface area (Å²) in [5, 5.41) is 9.07. The van der Waals surface area contributed by atoms with Gasteiger partial charge in [0, 0.05) is 25.4 Å². The minimum atomic E-state index is -0.884. The molecular formula is C16H21NO4. The van der Waals surface area contributed by atoms with Gasteiger partial charge in [0.15, 0.2) is 0 Å². The van der Waals surface area contributed by atoms with Crippen LogP contribution in [-0.2, 0) is 9.59 Å². The Morgan fingerprint density at radius 3 is 2.33 bits per heavy atom. The normalized spacial score (nSPS) is 15.8. The number of likely N-dealkylation sites (tertiary alicyclic amines) is 1. The fourth-order valence-corrected chi connectivity index (χ4v) is 2.70. The van der Waals surface area contributed by atoms with Crippen LogP contribution in [0.25, 0.3) is 0 Å². The molecule has 0 saturated carbocycles. The molecule has 5 heteroatoms. The zero-order chi connectivity index (χ0) is 15.2. The fourth-order valence-electron chi connectivity index (χ4n) is 2.70. The Balaban J connectivity index is 2.08. The van der Waals surface area contributed by atoms with Crippen molar-refractivity contribution in [2.45, 2.75) is 31.6 Å². The number of carbonyl (C=O) groups is 2. The highest BCUT2D eigenvalue weighted by Gasteiger charge is 2.24. The molecule has 1 heterocycles. The van der Waals surface area contributed by atoms with Crippen LogP contribution in [0.1, 0.15) is 37.2 Å². The van der Waals surface area contributed by atoms with Crippen molar-refractivity contribution in [3.8, 4) is 5.75 Å². The van der Waals surface area contributed by atoms with Crippen molar-refractivity contribution in [3.05, 3.63) is 29.8 Å². The number of rotatable bonds is 6. The van der Waals surface area contributed by atoms with Gasteiger partial charge in [-0.1, -0.05) is 12.1 Å². The summed E-state index contributed by atoms with van der Waals surface area (Å²) in [5.41, 5.74) is 0.866. The number of ether oxygens (including phenoxy) is 1. The second-order valence-electron chi connectivity index (χ2n) is 5.36. The third-order valence-corrected chi connectivity index (χ3v) is 3.89. The number of amides is 1. The maximum Gasteiger partial charge on any atom is 0.303 e. The van der Waals surface area contributed by atoms with E-state index in [4.69, 9.17) is 9.84 Å². The number of benzene rings is 1. The lowest BCUT2D eigenvalue weighted by atomic mass is 9.92. The molecule has 0 unspecified atom stereocenters.